The van der Waals surface area contributed by atoms with Crippen LogP contribution in [0.5, 0.6) is 0 Å². The molecule has 0 aromatic carbocycles. The van der Waals surface area contributed by atoms with Gasteiger partial charge in [-0.3, -0.25) is 9.97 Å². The minimum absolute atomic E-state index is 0.207. The summed E-state index contributed by atoms with van der Waals surface area (Å²) in [6.07, 6.45) is 8.16. The minimum Gasteiger partial charge on any atom is -0.338 e. The monoisotopic (exact) mass is 245 g/mol. The van der Waals surface area contributed by atoms with Crippen molar-refractivity contribution in [3.8, 4) is 0 Å². The van der Waals surface area contributed by atoms with Crippen molar-refractivity contribution in [1.29, 1.82) is 0 Å². The number of rotatable bonds is 5. The van der Waals surface area contributed by atoms with Gasteiger partial charge in [0.15, 0.2) is 0 Å². The summed E-state index contributed by atoms with van der Waals surface area (Å²) in [7, 11) is 2.01. The van der Waals surface area contributed by atoms with Crippen molar-refractivity contribution in [2.75, 3.05) is 6.54 Å². The predicted octanol–water partition coefficient (Wildman–Crippen LogP) is 1.41. The molecule has 0 saturated carbocycles. The van der Waals surface area contributed by atoms with Crippen molar-refractivity contribution in [2.24, 2.45) is 7.05 Å². The van der Waals surface area contributed by atoms with Gasteiger partial charge in [-0.1, -0.05) is 0 Å². The maximum absolute atomic E-state index is 4.37. The van der Waals surface area contributed by atoms with Gasteiger partial charge < -0.3 is 9.88 Å². The van der Waals surface area contributed by atoms with Crippen molar-refractivity contribution in [2.45, 2.75) is 26.3 Å². The second-order valence-corrected chi connectivity index (χ2v) is 4.41. The standard InChI is InChI=1S/C13H19N5/c1-10(13-11(2)15-6-7-17-13)14-5-4-12-16-8-9-18(12)3/h6-10,14H,4-5H2,1-3H3. The summed E-state index contributed by atoms with van der Waals surface area (Å²) in [5, 5.41) is 3.45. The number of aryl methyl sites for hydroxylation is 2. The Balaban J connectivity index is 1.87. The van der Waals surface area contributed by atoms with Crippen molar-refractivity contribution in [3.63, 3.8) is 0 Å². The fraction of sp³-hybridized carbons (Fsp3) is 0.462. The van der Waals surface area contributed by atoms with Gasteiger partial charge in [-0.2, -0.15) is 0 Å². The van der Waals surface area contributed by atoms with Crippen LogP contribution in [0.25, 0.3) is 0 Å². The van der Waals surface area contributed by atoms with E-state index in [1.807, 2.05) is 30.9 Å². The quantitative estimate of drug-likeness (QED) is 0.865. The molecule has 0 aliphatic rings. The number of imidazole rings is 1. The maximum Gasteiger partial charge on any atom is 0.109 e. The fourth-order valence-electron chi connectivity index (χ4n) is 1.98. The molecule has 2 aromatic heterocycles. The van der Waals surface area contributed by atoms with Crippen LogP contribution >= 0.6 is 0 Å². The topological polar surface area (TPSA) is 55.6 Å². The van der Waals surface area contributed by atoms with E-state index in [4.69, 9.17) is 0 Å². The highest BCUT2D eigenvalue weighted by Gasteiger charge is 2.09. The average molecular weight is 245 g/mol. The SMILES string of the molecule is Cc1nccnc1C(C)NCCc1nccn1C. The number of aromatic nitrogens is 4. The first kappa shape index (κ1) is 12.7. The van der Waals surface area contributed by atoms with E-state index in [-0.39, 0.29) is 6.04 Å². The van der Waals surface area contributed by atoms with E-state index >= 15 is 0 Å². The minimum atomic E-state index is 0.207. The molecule has 0 amide bonds. The van der Waals surface area contributed by atoms with E-state index in [2.05, 4.69) is 27.2 Å². The molecule has 0 bridgehead atoms. The number of hydrogen-bond acceptors (Lipinski definition) is 4. The molecule has 1 N–H and O–H groups in total. The molecule has 0 radical (unpaired) electrons. The van der Waals surface area contributed by atoms with Crippen LogP contribution in [-0.2, 0) is 13.5 Å². The van der Waals surface area contributed by atoms with Gasteiger partial charge in [-0.25, -0.2) is 4.98 Å². The van der Waals surface area contributed by atoms with Crippen LogP contribution in [0.4, 0.5) is 0 Å². The third kappa shape index (κ3) is 2.92. The highest BCUT2D eigenvalue weighted by atomic mass is 15.0. The molecule has 5 nitrogen and oxygen atoms in total. The van der Waals surface area contributed by atoms with Gasteiger partial charge in [0.25, 0.3) is 0 Å². The highest BCUT2D eigenvalue weighted by Crippen LogP contribution is 2.11. The molecule has 1 atom stereocenters. The van der Waals surface area contributed by atoms with Crippen LogP contribution in [0.3, 0.4) is 0 Å². The molecule has 0 aliphatic carbocycles. The van der Waals surface area contributed by atoms with Crippen molar-refractivity contribution in [3.05, 3.63) is 42.0 Å². The van der Waals surface area contributed by atoms with E-state index in [1.165, 1.54) is 0 Å². The van der Waals surface area contributed by atoms with Crippen LogP contribution in [0.15, 0.2) is 24.8 Å². The van der Waals surface area contributed by atoms with Crippen LogP contribution in [-0.4, -0.2) is 26.1 Å². The van der Waals surface area contributed by atoms with Gasteiger partial charge in [0.05, 0.1) is 11.4 Å². The van der Waals surface area contributed by atoms with Gasteiger partial charge in [0, 0.05) is 50.8 Å². The first-order valence-corrected chi connectivity index (χ1v) is 6.15. The molecular weight excluding hydrogens is 226 g/mol. The van der Waals surface area contributed by atoms with Crippen molar-refractivity contribution < 1.29 is 0 Å². The third-order valence-corrected chi connectivity index (χ3v) is 3.05. The normalized spacial score (nSPS) is 12.6. The molecule has 0 spiro atoms. The van der Waals surface area contributed by atoms with E-state index in [9.17, 15) is 0 Å². The zero-order chi connectivity index (χ0) is 13.0. The molecule has 96 valence electrons. The van der Waals surface area contributed by atoms with E-state index in [0.29, 0.717) is 0 Å². The molecule has 0 aliphatic heterocycles. The van der Waals surface area contributed by atoms with Crippen LogP contribution in [0.2, 0.25) is 0 Å². The first-order valence-electron chi connectivity index (χ1n) is 6.15. The molecule has 0 fully saturated rings. The van der Waals surface area contributed by atoms with Crippen molar-refractivity contribution >= 4 is 0 Å². The van der Waals surface area contributed by atoms with Crippen LogP contribution in [0, 0.1) is 6.92 Å². The predicted molar refractivity (Wildman–Crippen MR) is 70.1 cm³/mol. The number of hydrogen-bond donors (Lipinski definition) is 1. The molecule has 2 aromatic rings. The lowest BCUT2D eigenvalue weighted by Gasteiger charge is -2.14. The summed E-state index contributed by atoms with van der Waals surface area (Å²) in [4.78, 5) is 12.9. The van der Waals surface area contributed by atoms with Gasteiger partial charge >= 0.3 is 0 Å². The Morgan fingerprint density at radius 3 is 2.67 bits per heavy atom. The van der Waals surface area contributed by atoms with Crippen LogP contribution in [0.1, 0.15) is 30.2 Å². The Hall–Kier alpha value is -1.75. The Bertz CT molecular complexity index is 506. The highest BCUT2D eigenvalue weighted by molar-refractivity contribution is 5.12. The zero-order valence-corrected chi connectivity index (χ0v) is 11.1. The largest absolute Gasteiger partial charge is 0.338 e. The molecule has 5 heteroatoms. The molecule has 1 unspecified atom stereocenters. The van der Waals surface area contributed by atoms with Crippen LogP contribution < -0.4 is 5.32 Å². The lowest BCUT2D eigenvalue weighted by Crippen LogP contribution is -2.24. The second kappa shape index (κ2) is 5.73. The molecular formula is C13H19N5. The van der Waals surface area contributed by atoms with Gasteiger partial charge in [0.2, 0.25) is 0 Å². The average Bonchev–Trinajstić information content (AvgIpc) is 2.75. The zero-order valence-electron chi connectivity index (χ0n) is 11.1. The summed E-state index contributed by atoms with van der Waals surface area (Å²) < 4.78 is 2.04. The van der Waals surface area contributed by atoms with Gasteiger partial charge in [-0.05, 0) is 13.8 Å². The molecule has 0 saturated heterocycles. The Labute approximate surface area is 107 Å². The summed E-state index contributed by atoms with van der Waals surface area (Å²) >= 11 is 0. The fourth-order valence-corrected chi connectivity index (χ4v) is 1.98. The lowest BCUT2D eigenvalue weighted by atomic mass is 10.2. The molecule has 18 heavy (non-hydrogen) atoms. The second-order valence-electron chi connectivity index (χ2n) is 4.41. The summed E-state index contributed by atoms with van der Waals surface area (Å²) in [5.41, 5.74) is 1.99. The van der Waals surface area contributed by atoms with Gasteiger partial charge in [0.1, 0.15) is 5.82 Å². The van der Waals surface area contributed by atoms with E-state index in [0.717, 1.165) is 30.2 Å². The molecule has 2 heterocycles. The maximum atomic E-state index is 4.37. The summed E-state index contributed by atoms with van der Waals surface area (Å²) in [5.74, 6) is 1.09. The van der Waals surface area contributed by atoms with E-state index < -0.39 is 0 Å². The Morgan fingerprint density at radius 1 is 1.22 bits per heavy atom. The third-order valence-electron chi connectivity index (χ3n) is 3.05. The van der Waals surface area contributed by atoms with E-state index in [1.54, 1.807) is 12.4 Å². The number of nitrogens with zero attached hydrogens (tertiary/aromatic N) is 4. The Morgan fingerprint density at radius 2 is 2.00 bits per heavy atom. The smallest absolute Gasteiger partial charge is 0.109 e. The molecule has 2 rings (SSSR count). The lowest BCUT2D eigenvalue weighted by molar-refractivity contribution is 0.548. The number of nitrogens with one attached hydrogen (secondary N) is 1. The Kier molecular flexibility index (Phi) is 4.04. The first-order chi connectivity index (χ1) is 8.68. The van der Waals surface area contributed by atoms with Crippen molar-refractivity contribution in [1.82, 2.24) is 24.8 Å². The summed E-state index contributed by atoms with van der Waals surface area (Å²) in [6, 6.07) is 0.207. The van der Waals surface area contributed by atoms with Gasteiger partial charge in [-0.15, -0.1) is 0 Å². The summed E-state index contributed by atoms with van der Waals surface area (Å²) in [6.45, 7) is 4.97.